The van der Waals surface area contributed by atoms with Crippen molar-refractivity contribution < 1.29 is 14.6 Å². The van der Waals surface area contributed by atoms with Crippen LogP contribution in [0, 0.1) is 0 Å². The lowest BCUT2D eigenvalue weighted by Crippen LogP contribution is -2.26. The van der Waals surface area contributed by atoms with Crippen LogP contribution in [-0.2, 0) is 11.4 Å². The van der Waals surface area contributed by atoms with Crippen molar-refractivity contribution in [1.82, 2.24) is 10.3 Å². The summed E-state index contributed by atoms with van der Waals surface area (Å²) >= 11 is 12.1. The maximum Gasteiger partial charge on any atom is 0.244 e. The van der Waals surface area contributed by atoms with Gasteiger partial charge in [0.15, 0.2) is 0 Å². The van der Waals surface area contributed by atoms with Crippen LogP contribution in [0.4, 0.5) is 0 Å². The molecule has 2 N–H and O–H groups in total. The molecule has 0 bridgehead atoms. The number of aliphatic hydroxyl groups excluding tert-OH is 1. The van der Waals surface area contributed by atoms with Gasteiger partial charge in [-0.1, -0.05) is 47.5 Å². The molecule has 0 spiro atoms. The number of halogens is 2. The number of benzene rings is 2. The van der Waals surface area contributed by atoms with E-state index in [2.05, 4.69) is 10.3 Å². The summed E-state index contributed by atoms with van der Waals surface area (Å²) in [6.45, 7) is 0.428. The second-order valence-corrected chi connectivity index (χ2v) is 7.26. The van der Waals surface area contributed by atoms with Gasteiger partial charge in [-0.05, 0) is 42.0 Å². The lowest BCUT2D eigenvalue weighted by Gasteiger charge is -2.14. The number of aromatic nitrogens is 1. The monoisotopic (exact) mass is 442 g/mol. The zero-order chi connectivity index (χ0) is 21.3. The number of carbonyl (C=O) groups is 1. The highest BCUT2D eigenvalue weighted by atomic mass is 35.5. The van der Waals surface area contributed by atoms with Gasteiger partial charge in [-0.3, -0.25) is 9.78 Å². The van der Waals surface area contributed by atoms with Crippen molar-refractivity contribution in [2.24, 2.45) is 0 Å². The number of nitrogens with zero attached hydrogens (tertiary/aromatic N) is 1. The average Bonchev–Trinajstić information content (AvgIpc) is 2.76. The molecule has 0 aliphatic heterocycles. The van der Waals surface area contributed by atoms with Crippen molar-refractivity contribution in [3.8, 4) is 5.75 Å². The van der Waals surface area contributed by atoms with E-state index in [1.54, 1.807) is 36.7 Å². The molecule has 1 heterocycles. The number of carbonyl (C=O) groups excluding carboxylic acids is 1. The molecule has 5 nitrogen and oxygen atoms in total. The standard InChI is InChI=1S/C23H20Cl2N2O3/c24-19-4-1-5-20(25)23(19)21(28)14-27-22(29)11-8-16-6-9-18(10-7-16)30-15-17-3-2-12-26-13-17/h1-13,21,28H,14-15H2,(H,27,29)/b11-8+. The molecule has 0 fully saturated rings. The third kappa shape index (κ3) is 6.32. The lowest BCUT2D eigenvalue weighted by molar-refractivity contribution is -0.116. The summed E-state index contributed by atoms with van der Waals surface area (Å²) in [7, 11) is 0. The van der Waals surface area contributed by atoms with Gasteiger partial charge in [0.25, 0.3) is 0 Å². The third-order valence-electron chi connectivity index (χ3n) is 4.24. The lowest BCUT2D eigenvalue weighted by atomic mass is 10.1. The second-order valence-electron chi connectivity index (χ2n) is 6.45. The Morgan fingerprint density at radius 3 is 2.50 bits per heavy atom. The highest BCUT2D eigenvalue weighted by molar-refractivity contribution is 6.36. The molecule has 0 saturated heterocycles. The summed E-state index contributed by atoms with van der Waals surface area (Å²) in [5.74, 6) is 0.384. The predicted molar refractivity (Wildman–Crippen MR) is 118 cm³/mol. The van der Waals surface area contributed by atoms with Crippen LogP contribution in [0.3, 0.4) is 0 Å². The fraction of sp³-hybridized carbons (Fsp3) is 0.130. The van der Waals surface area contributed by atoms with E-state index in [1.807, 2.05) is 36.4 Å². The molecule has 1 amide bonds. The minimum Gasteiger partial charge on any atom is -0.489 e. The van der Waals surface area contributed by atoms with E-state index < -0.39 is 6.10 Å². The van der Waals surface area contributed by atoms with Crippen LogP contribution in [-0.4, -0.2) is 22.5 Å². The zero-order valence-electron chi connectivity index (χ0n) is 16.0. The quantitative estimate of drug-likeness (QED) is 0.490. The van der Waals surface area contributed by atoms with Gasteiger partial charge in [0.05, 0.1) is 6.10 Å². The fourth-order valence-corrected chi connectivity index (χ4v) is 3.33. The predicted octanol–water partition coefficient (Wildman–Crippen LogP) is 4.83. The summed E-state index contributed by atoms with van der Waals surface area (Å²) in [5.41, 5.74) is 2.22. The van der Waals surface area contributed by atoms with E-state index >= 15 is 0 Å². The van der Waals surface area contributed by atoms with Gasteiger partial charge in [0, 0.05) is 46.2 Å². The fourth-order valence-electron chi connectivity index (χ4n) is 2.68. The first-order valence-corrected chi connectivity index (χ1v) is 9.98. The summed E-state index contributed by atoms with van der Waals surface area (Å²) in [6.07, 6.45) is 5.54. The maximum atomic E-state index is 12.0. The Balaban J connectivity index is 1.48. The molecule has 1 aromatic heterocycles. The van der Waals surface area contributed by atoms with Crippen LogP contribution >= 0.6 is 23.2 Å². The van der Waals surface area contributed by atoms with Gasteiger partial charge in [0.2, 0.25) is 5.91 Å². The molecule has 154 valence electrons. The van der Waals surface area contributed by atoms with Crippen molar-refractivity contribution in [2.45, 2.75) is 12.7 Å². The van der Waals surface area contributed by atoms with Gasteiger partial charge in [0.1, 0.15) is 12.4 Å². The number of hydrogen-bond donors (Lipinski definition) is 2. The Morgan fingerprint density at radius 2 is 1.83 bits per heavy atom. The van der Waals surface area contributed by atoms with Crippen molar-refractivity contribution in [3.63, 3.8) is 0 Å². The van der Waals surface area contributed by atoms with Crippen LogP contribution in [0.15, 0.2) is 73.1 Å². The van der Waals surface area contributed by atoms with Crippen LogP contribution < -0.4 is 10.1 Å². The first-order chi connectivity index (χ1) is 14.5. The molecule has 0 aliphatic carbocycles. The van der Waals surface area contributed by atoms with Crippen molar-refractivity contribution in [3.05, 3.63) is 99.8 Å². The molecule has 3 rings (SSSR count). The summed E-state index contributed by atoms with van der Waals surface area (Å²) < 4.78 is 5.71. The number of amides is 1. The van der Waals surface area contributed by atoms with Crippen molar-refractivity contribution in [2.75, 3.05) is 6.54 Å². The highest BCUT2D eigenvalue weighted by Gasteiger charge is 2.15. The second kappa shape index (κ2) is 10.8. The number of pyridine rings is 1. The largest absolute Gasteiger partial charge is 0.489 e. The topological polar surface area (TPSA) is 71.5 Å². The Bertz CT molecular complexity index is 988. The van der Waals surface area contributed by atoms with E-state index in [4.69, 9.17) is 27.9 Å². The molecule has 1 atom stereocenters. The molecular weight excluding hydrogens is 423 g/mol. The SMILES string of the molecule is O=C(/C=C/c1ccc(OCc2cccnc2)cc1)NCC(O)c1c(Cl)cccc1Cl. The molecule has 3 aromatic rings. The van der Waals surface area contributed by atoms with Gasteiger partial charge in [-0.2, -0.15) is 0 Å². The van der Waals surface area contributed by atoms with Crippen LogP contribution in [0.1, 0.15) is 22.8 Å². The Labute approximate surface area is 184 Å². The smallest absolute Gasteiger partial charge is 0.244 e. The van der Waals surface area contributed by atoms with Crippen molar-refractivity contribution >= 4 is 35.2 Å². The Morgan fingerprint density at radius 1 is 1.10 bits per heavy atom. The number of nitrogens with one attached hydrogen (secondary N) is 1. The van der Waals surface area contributed by atoms with Crippen LogP contribution in [0.5, 0.6) is 5.75 Å². The highest BCUT2D eigenvalue weighted by Crippen LogP contribution is 2.29. The Hall–Kier alpha value is -2.86. The molecule has 30 heavy (non-hydrogen) atoms. The van der Waals surface area contributed by atoms with Gasteiger partial charge in [-0.15, -0.1) is 0 Å². The molecule has 1 unspecified atom stereocenters. The summed E-state index contributed by atoms with van der Waals surface area (Å²) in [5, 5.41) is 13.6. The minimum absolute atomic E-state index is 0.00620. The average molecular weight is 443 g/mol. The van der Waals surface area contributed by atoms with Crippen molar-refractivity contribution in [1.29, 1.82) is 0 Å². The van der Waals surface area contributed by atoms with Crippen LogP contribution in [0.2, 0.25) is 10.0 Å². The molecule has 0 radical (unpaired) electrons. The summed E-state index contributed by atoms with van der Waals surface area (Å²) in [6, 6.07) is 16.1. The number of rotatable bonds is 8. The molecule has 0 saturated carbocycles. The summed E-state index contributed by atoms with van der Waals surface area (Å²) in [4.78, 5) is 16.1. The van der Waals surface area contributed by atoms with Gasteiger partial charge >= 0.3 is 0 Å². The van der Waals surface area contributed by atoms with E-state index in [-0.39, 0.29) is 12.5 Å². The van der Waals surface area contributed by atoms with Gasteiger partial charge in [-0.25, -0.2) is 0 Å². The zero-order valence-corrected chi connectivity index (χ0v) is 17.5. The Kier molecular flexibility index (Phi) is 7.85. The van der Waals surface area contributed by atoms with Gasteiger partial charge < -0.3 is 15.2 Å². The minimum atomic E-state index is -1.00. The van der Waals surface area contributed by atoms with E-state index in [0.717, 1.165) is 16.9 Å². The first-order valence-electron chi connectivity index (χ1n) is 9.22. The number of ether oxygens (including phenoxy) is 1. The molecule has 0 aliphatic rings. The number of hydrogen-bond acceptors (Lipinski definition) is 4. The van der Waals surface area contributed by atoms with E-state index in [0.29, 0.717) is 22.2 Å². The van der Waals surface area contributed by atoms with E-state index in [1.165, 1.54) is 6.08 Å². The normalized spacial score (nSPS) is 12.0. The molecule has 7 heteroatoms. The maximum absolute atomic E-state index is 12.0. The first kappa shape index (κ1) is 21.8. The third-order valence-corrected chi connectivity index (χ3v) is 4.90. The molecule has 2 aromatic carbocycles. The van der Waals surface area contributed by atoms with E-state index in [9.17, 15) is 9.90 Å². The number of aliphatic hydroxyl groups is 1. The van der Waals surface area contributed by atoms with Crippen LogP contribution in [0.25, 0.3) is 6.08 Å². The molecular formula is C23H20Cl2N2O3.